The molecule has 0 atom stereocenters. The normalized spacial score (nSPS) is 12.0. The predicted molar refractivity (Wildman–Crippen MR) is 216 cm³/mol. The minimum atomic E-state index is 1.22. The van der Waals surface area contributed by atoms with Gasteiger partial charge in [0.15, 0.2) is 0 Å². The van der Waals surface area contributed by atoms with Crippen molar-refractivity contribution in [3.8, 4) is 44.5 Å². The molecule has 0 nitrogen and oxygen atoms in total. The van der Waals surface area contributed by atoms with Crippen LogP contribution in [0.2, 0.25) is 0 Å². The summed E-state index contributed by atoms with van der Waals surface area (Å²) in [6.45, 7) is 0. The van der Waals surface area contributed by atoms with E-state index in [-0.39, 0.29) is 0 Å². The van der Waals surface area contributed by atoms with Gasteiger partial charge in [0.2, 0.25) is 0 Å². The number of rotatable bonds is 4. The molecule has 0 amide bonds. The molecule has 0 heteroatoms. The van der Waals surface area contributed by atoms with E-state index in [2.05, 4.69) is 182 Å². The zero-order valence-corrected chi connectivity index (χ0v) is 27.3. The van der Waals surface area contributed by atoms with Crippen molar-refractivity contribution in [1.29, 1.82) is 0 Å². The Hall–Kier alpha value is -6.50. The highest BCUT2D eigenvalue weighted by Gasteiger charge is 2.14. The van der Waals surface area contributed by atoms with Crippen LogP contribution in [0.25, 0.3) is 109 Å². The van der Waals surface area contributed by atoms with Crippen LogP contribution < -0.4 is 0 Å². The highest BCUT2D eigenvalue weighted by molar-refractivity contribution is 6.27. The molecule has 0 heterocycles. The van der Waals surface area contributed by atoms with Crippen molar-refractivity contribution in [1.82, 2.24) is 0 Å². The lowest BCUT2D eigenvalue weighted by atomic mass is 9.88. The van der Waals surface area contributed by atoms with Crippen molar-refractivity contribution in [2.24, 2.45) is 0 Å². The first-order valence-electron chi connectivity index (χ1n) is 17.4. The van der Waals surface area contributed by atoms with Gasteiger partial charge in [0, 0.05) is 0 Å². The standard InChI is InChI=1S/C50H30/c1-4-37-23-25-41-26-28-43(45-29-27-39(5-1)47(37)50(41)45)35-18-14-33(15-19-35)31-10-12-32(13-11-31)34-16-20-36(21-17-34)46-30-42-8-2-6-38-22-24-40-7-3-9-44(46)49(40)48(38)42/h1-30H. The molecule has 230 valence electrons. The van der Waals surface area contributed by atoms with E-state index in [0.717, 1.165) is 0 Å². The lowest BCUT2D eigenvalue weighted by Gasteiger charge is -2.15. The summed E-state index contributed by atoms with van der Waals surface area (Å²) in [6, 6.07) is 67.5. The Morgan fingerprint density at radius 2 is 0.540 bits per heavy atom. The van der Waals surface area contributed by atoms with Crippen LogP contribution in [0.3, 0.4) is 0 Å². The molecular weight excluding hydrogens is 601 g/mol. The highest BCUT2D eigenvalue weighted by Crippen LogP contribution is 2.42. The summed E-state index contributed by atoms with van der Waals surface area (Å²) in [7, 11) is 0. The van der Waals surface area contributed by atoms with Gasteiger partial charge in [0.05, 0.1) is 0 Å². The van der Waals surface area contributed by atoms with Crippen LogP contribution in [0.4, 0.5) is 0 Å². The van der Waals surface area contributed by atoms with Gasteiger partial charge in [0.25, 0.3) is 0 Å². The van der Waals surface area contributed by atoms with E-state index in [0.29, 0.717) is 0 Å². The Morgan fingerprint density at radius 3 is 1.08 bits per heavy atom. The molecular formula is C50H30. The van der Waals surface area contributed by atoms with Gasteiger partial charge in [0.1, 0.15) is 0 Å². The Balaban J connectivity index is 0.901. The third kappa shape index (κ3) is 4.06. The summed E-state index contributed by atoms with van der Waals surface area (Å²) in [4.78, 5) is 0. The second-order valence-electron chi connectivity index (χ2n) is 13.7. The van der Waals surface area contributed by atoms with Crippen molar-refractivity contribution >= 4 is 64.6 Å². The van der Waals surface area contributed by atoms with Crippen LogP contribution in [0.5, 0.6) is 0 Å². The average molecular weight is 631 g/mol. The number of hydrogen-bond donors (Lipinski definition) is 0. The van der Waals surface area contributed by atoms with Gasteiger partial charge in [-0.05, 0) is 115 Å². The summed E-state index contributed by atoms with van der Waals surface area (Å²) in [6.07, 6.45) is 0. The molecule has 0 fully saturated rings. The van der Waals surface area contributed by atoms with E-state index in [4.69, 9.17) is 0 Å². The van der Waals surface area contributed by atoms with E-state index >= 15 is 0 Å². The van der Waals surface area contributed by atoms with Gasteiger partial charge in [-0.3, -0.25) is 0 Å². The third-order valence-electron chi connectivity index (χ3n) is 11.0. The van der Waals surface area contributed by atoms with E-state index in [1.165, 1.54) is 109 Å². The molecule has 11 aromatic carbocycles. The van der Waals surface area contributed by atoms with Gasteiger partial charge >= 0.3 is 0 Å². The molecule has 50 heavy (non-hydrogen) atoms. The van der Waals surface area contributed by atoms with Gasteiger partial charge in [-0.15, -0.1) is 0 Å². The maximum absolute atomic E-state index is 2.36. The van der Waals surface area contributed by atoms with Crippen LogP contribution in [0.1, 0.15) is 0 Å². The predicted octanol–water partition coefficient (Wildman–Crippen LogP) is 14.1. The maximum atomic E-state index is 2.36. The van der Waals surface area contributed by atoms with Gasteiger partial charge in [-0.2, -0.15) is 0 Å². The zero-order chi connectivity index (χ0) is 32.8. The third-order valence-corrected chi connectivity index (χ3v) is 11.0. The van der Waals surface area contributed by atoms with Crippen LogP contribution in [0, 0.1) is 0 Å². The molecule has 0 aromatic heterocycles. The van der Waals surface area contributed by atoms with Crippen molar-refractivity contribution in [3.63, 3.8) is 0 Å². The Kier molecular flexibility index (Phi) is 5.76. The first-order chi connectivity index (χ1) is 24.8. The molecule has 0 bridgehead atoms. The van der Waals surface area contributed by atoms with Crippen LogP contribution >= 0.6 is 0 Å². The minimum absolute atomic E-state index is 1.22. The molecule has 0 N–H and O–H groups in total. The average Bonchev–Trinajstić information content (AvgIpc) is 3.19. The van der Waals surface area contributed by atoms with Crippen molar-refractivity contribution < 1.29 is 0 Å². The smallest absolute Gasteiger partial charge is 0.00206 e. The summed E-state index contributed by atoms with van der Waals surface area (Å²) in [5, 5.41) is 15.9. The molecule has 0 aliphatic carbocycles. The topological polar surface area (TPSA) is 0 Å². The van der Waals surface area contributed by atoms with Gasteiger partial charge in [-0.1, -0.05) is 176 Å². The van der Waals surface area contributed by atoms with Crippen molar-refractivity contribution in [2.75, 3.05) is 0 Å². The van der Waals surface area contributed by atoms with Crippen LogP contribution in [-0.2, 0) is 0 Å². The fourth-order valence-corrected chi connectivity index (χ4v) is 8.53. The molecule has 0 aliphatic rings. The second kappa shape index (κ2) is 10.5. The van der Waals surface area contributed by atoms with Crippen LogP contribution in [-0.4, -0.2) is 0 Å². The molecule has 11 rings (SSSR count). The Labute approximate surface area is 290 Å². The minimum Gasteiger partial charge on any atom is -0.0610 e. The first-order valence-corrected chi connectivity index (χ1v) is 17.4. The maximum Gasteiger partial charge on any atom is -0.00206 e. The Bertz CT molecular complexity index is 3020. The summed E-state index contributed by atoms with van der Waals surface area (Å²) in [5.74, 6) is 0. The SMILES string of the molecule is c1cc2ccc3ccc(-c4ccc(-c5ccc(-c6ccc(-c7cc8cccc9ccc%10cccc7c%10c98)cc6)cc5)cc4)c4ccc(c1)c2c34. The summed E-state index contributed by atoms with van der Waals surface area (Å²) in [5.41, 5.74) is 9.95. The Morgan fingerprint density at radius 1 is 0.200 bits per heavy atom. The largest absolute Gasteiger partial charge is 0.0610 e. The highest BCUT2D eigenvalue weighted by atomic mass is 14.2. The lowest BCUT2D eigenvalue weighted by Crippen LogP contribution is -1.88. The second-order valence-corrected chi connectivity index (χ2v) is 13.7. The zero-order valence-electron chi connectivity index (χ0n) is 27.3. The molecule has 0 saturated heterocycles. The summed E-state index contributed by atoms with van der Waals surface area (Å²) >= 11 is 0. The first kappa shape index (κ1) is 27.5. The quantitative estimate of drug-likeness (QED) is 0.170. The molecule has 0 unspecified atom stereocenters. The van der Waals surface area contributed by atoms with Crippen molar-refractivity contribution in [2.45, 2.75) is 0 Å². The van der Waals surface area contributed by atoms with Crippen LogP contribution in [0.15, 0.2) is 182 Å². The van der Waals surface area contributed by atoms with E-state index in [1.54, 1.807) is 0 Å². The van der Waals surface area contributed by atoms with Gasteiger partial charge < -0.3 is 0 Å². The number of benzene rings is 11. The fraction of sp³-hybridized carbons (Fsp3) is 0. The molecule has 0 spiro atoms. The van der Waals surface area contributed by atoms with Crippen molar-refractivity contribution in [3.05, 3.63) is 182 Å². The molecule has 0 radical (unpaired) electrons. The molecule has 11 aromatic rings. The molecule has 0 aliphatic heterocycles. The van der Waals surface area contributed by atoms with E-state index in [9.17, 15) is 0 Å². The number of hydrogen-bond acceptors (Lipinski definition) is 0. The summed E-state index contributed by atoms with van der Waals surface area (Å²) < 4.78 is 0. The monoisotopic (exact) mass is 630 g/mol. The fourth-order valence-electron chi connectivity index (χ4n) is 8.53. The molecule has 0 saturated carbocycles. The van der Waals surface area contributed by atoms with E-state index in [1.807, 2.05) is 0 Å². The lowest BCUT2D eigenvalue weighted by molar-refractivity contribution is 1.58. The van der Waals surface area contributed by atoms with Gasteiger partial charge in [-0.25, -0.2) is 0 Å². The van der Waals surface area contributed by atoms with E-state index < -0.39 is 0 Å².